The van der Waals surface area contributed by atoms with Crippen molar-refractivity contribution in [1.82, 2.24) is 16.1 Å². The van der Waals surface area contributed by atoms with E-state index >= 15 is 0 Å². The average Bonchev–Trinajstić information content (AvgIpc) is 3.32. The van der Waals surface area contributed by atoms with Gasteiger partial charge in [0, 0.05) is 12.6 Å². The third-order valence-electron chi connectivity index (χ3n) is 5.11. The molecule has 0 unspecified atom stereocenters. The van der Waals surface area contributed by atoms with Crippen LogP contribution < -0.4 is 20.8 Å². The molecule has 0 saturated heterocycles. The highest BCUT2D eigenvalue weighted by Gasteiger charge is 2.20. The molecule has 2 aromatic carbocycles. The van der Waals surface area contributed by atoms with Crippen LogP contribution in [0.4, 0.5) is 0 Å². The summed E-state index contributed by atoms with van der Waals surface area (Å²) < 4.78 is 5.48. The minimum absolute atomic E-state index is 0.0750. The molecular formula is C24H28N4O4. The van der Waals surface area contributed by atoms with E-state index in [2.05, 4.69) is 21.2 Å². The maximum absolute atomic E-state index is 11.9. The number of ether oxygens (including phenoxy) is 1. The van der Waals surface area contributed by atoms with E-state index in [1.807, 2.05) is 30.3 Å². The van der Waals surface area contributed by atoms with Gasteiger partial charge < -0.3 is 15.4 Å². The highest BCUT2D eigenvalue weighted by Crippen LogP contribution is 2.17. The molecule has 0 aromatic heterocycles. The van der Waals surface area contributed by atoms with Gasteiger partial charge >= 0.3 is 11.8 Å². The largest absolute Gasteiger partial charge is 0.484 e. The fourth-order valence-corrected chi connectivity index (χ4v) is 3.38. The average molecular weight is 437 g/mol. The van der Waals surface area contributed by atoms with E-state index in [9.17, 15) is 14.4 Å². The van der Waals surface area contributed by atoms with Crippen LogP contribution >= 0.6 is 0 Å². The molecule has 1 aliphatic rings. The van der Waals surface area contributed by atoms with Crippen LogP contribution in [0.5, 0.6) is 5.75 Å². The molecule has 0 radical (unpaired) electrons. The van der Waals surface area contributed by atoms with Crippen LogP contribution in [0.2, 0.25) is 0 Å². The highest BCUT2D eigenvalue weighted by atomic mass is 16.5. The summed E-state index contributed by atoms with van der Waals surface area (Å²) in [5, 5.41) is 9.34. The third kappa shape index (κ3) is 7.86. The van der Waals surface area contributed by atoms with Crippen LogP contribution in [0.25, 0.3) is 0 Å². The summed E-state index contributed by atoms with van der Waals surface area (Å²) in [6.07, 6.45) is 6.16. The zero-order valence-electron chi connectivity index (χ0n) is 17.9. The number of amides is 3. The van der Waals surface area contributed by atoms with Gasteiger partial charge in [-0.25, -0.2) is 5.43 Å². The number of hydrogen-bond acceptors (Lipinski definition) is 5. The molecule has 32 heavy (non-hydrogen) atoms. The monoisotopic (exact) mass is 436 g/mol. The SMILES string of the molecule is O=C(COc1ccc(/C=N\NC(=O)C(=O)NC2CCCC2)cc1)NCCc1ccccc1. The van der Waals surface area contributed by atoms with E-state index < -0.39 is 11.8 Å². The minimum atomic E-state index is -0.786. The third-order valence-corrected chi connectivity index (χ3v) is 5.11. The number of rotatable bonds is 9. The predicted molar refractivity (Wildman–Crippen MR) is 121 cm³/mol. The first kappa shape index (κ1) is 23.0. The molecule has 0 atom stereocenters. The number of benzene rings is 2. The Bertz CT molecular complexity index is 923. The first-order valence-corrected chi connectivity index (χ1v) is 10.8. The lowest BCUT2D eigenvalue weighted by atomic mass is 10.1. The topological polar surface area (TPSA) is 109 Å². The second kappa shape index (κ2) is 12.2. The van der Waals surface area contributed by atoms with Gasteiger partial charge in [0.05, 0.1) is 6.21 Å². The molecule has 0 bridgehead atoms. The quantitative estimate of drug-likeness (QED) is 0.317. The number of carbonyl (C=O) groups is 3. The summed E-state index contributed by atoms with van der Waals surface area (Å²) in [5.74, 6) is -1.10. The standard InChI is InChI=1S/C24H28N4O4/c29-22(25-15-14-18-6-2-1-3-7-18)17-32-21-12-10-19(11-13-21)16-26-28-24(31)23(30)27-20-8-4-5-9-20/h1-3,6-7,10-13,16,20H,4-5,8-9,14-15,17H2,(H,25,29)(H,27,30)(H,28,31)/b26-16-. The summed E-state index contributed by atoms with van der Waals surface area (Å²) in [7, 11) is 0. The molecule has 8 nitrogen and oxygen atoms in total. The van der Waals surface area contributed by atoms with Gasteiger partial charge in [-0.3, -0.25) is 14.4 Å². The number of nitrogens with zero attached hydrogens (tertiary/aromatic N) is 1. The molecule has 8 heteroatoms. The normalized spacial score (nSPS) is 13.6. The van der Waals surface area contributed by atoms with Crippen molar-refractivity contribution in [2.75, 3.05) is 13.2 Å². The van der Waals surface area contributed by atoms with Crippen molar-refractivity contribution in [1.29, 1.82) is 0 Å². The summed E-state index contributed by atoms with van der Waals surface area (Å²) in [6, 6.07) is 16.9. The van der Waals surface area contributed by atoms with Gasteiger partial charge in [0.2, 0.25) is 0 Å². The highest BCUT2D eigenvalue weighted by molar-refractivity contribution is 6.35. The Morgan fingerprint density at radius 2 is 1.69 bits per heavy atom. The van der Waals surface area contributed by atoms with Gasteiger partial charge in [-0.15, -0.1) is 0 Å². The van der Waals surface area contributed by atoms with Crippen LogP contribution in [0.1, 0.15) is 36.8 Å². The zero-order valence-corrected chi connectivity index (χ0v) is 17.9. The Hall–Kier alpha value is -3.68. The van der Waals surface area contributed by atoms with Crippen molar-refractivity contribution in [3.8, 4) is 5.75 Å². The second-order valence-electron chi connectivity index (χ2n) is 7.60. The molecule has 168 valence electrons. The van der Waals surface area contributed by atoms with Gasteiger partial charge in [-0.2, -0.15) is 5.10 Å². The van der Waals surface area contributed by atoms with Crippen molar-refractivity contribution in [3.05, 3.63) is 65.7 Å². The van der Waals surface area contributed by atoms with Crippen LogP contribution in [0.15, 0.2) is 59.7 Å². The van der Waals surface area contributed by atoms with Crippen molar-refractivity contribution in [2.45, 2.75) is 38.1 Å². The molecule has 1 aliphatic carbocycles. The first-order chi connectivity index (χ1) is 15.6. The van der Waals surface area contributed by atoms with Crippen molar-refractivity contribution < 1.29 is 19.1 Å². The van der Waals surface area contributed by atoms with Crippen molar-refractivity contribution in [3.63, 3.8) is 0 Å². The Labute approximate surface area is 187 Å². The minimum Gasteiger partial charge on any atom is -0.484 e. The second-order valence-corrected chi connectivity index (χ2v) is 7.60. The van der Waals surface area contributed by atoms with Gasteiger partial charge in [-0.1, -0.05) is 43.2 Å². The summed E-state index contributed by atoms with van der Waals surface area (Å²) in [6.45, 7) is 0.473. The van der Waals surface area contributed by atoms with Gasteiger partial charge in [0.15, 0.2) is 6.61 Å². The zero-order chi connectivity index (χ0) is 22.6. The Morgan fingerprint density at radius 1 is 0.969 bits per heavy atom. The van der Waals surface area contributed by atoms with Crippen molar-refractivity contribution >= 4 is 23.9 Å². The van der Waals surface area contributed by atoms with Crippen LogP contribution in [-0.4, -0.2) is 43.1 Å². The lowest BCUT2D eigenvalue weighted by Gasteiger charge is -2.10. The Balaban J connectivity index is 1.33. The van der Waals surface area contributed by atoms with E-state index in [0.717, 1.165) is 37.7 Å². The summed E-state index contributed by atoms with van der Waals surface area (Å²) in [5.41, 5.74) is 4.10. The lowest BCUT2D eigenvalue weighted by Crippen LogP contribution is -2.42. The molecule has 0 spiro atoms. The van der Waals surface area contributed by atoms with Crippen LogP contribution in [0.3, 0.4) is 0 Å². The lowest BCUT2D eigenvalue weighted by molar-refractivity contribution is -0.139. The van der Waals surface area contributed by atoms with Crippen LogP contribution in [0, 0.1) is 0 Å². The fourth-order valence-electron chi connectivity index (χ4n) is 3.38. The molecule has 1 fully saturated rings. The molecule has 2 aromatic rings. The first-order valence-electron chi connectivity index (χ1n) is 10.8. The molecule has 3 rings (SSSR count). The number of nitrogens with one attached hydrogen (secondary N) is 3. The number of hydrogen-bond donors (Lipinski definition) is 3. The molecular weight excluding hydrogens is 408 g/mol. The molecule has 3 amide bonds. The number of hydrazone groups is 1. The fraction of sp³-hybridized carbons (Fsp3) is 0.333. The molecule has 1 saturated carbocycles. The van der Waals surface area contributed by atoms with E-state index in [0.29, 0.717) is 17.9 Å². The Kier molecular flexibility index (Phi) is 8.80. The van der Waals surface area contributed by atoms with E-state index in [1.54, 1.807) is 24.3 Å². The maximum Gasteiger partial charge on any atom is 0.329 e. The molecule has 0 aliphatic heterocycles. The maximum atomic E-state index is 11.9. The molecule has 3 N–H and O–H groups in total. The van der Waals surface area contributed by atoms with Crippen LogP contribution in [-0.2, 0) is 20.8 Å². The predicted octanol–water partition coefficient (Wildman–Crippen LogP) is 1.93. The molecule has 0 heterocycles. The van der Waals surface area contributed by atoms with E-state index in [1.165, 1.54) is 6.21 Å². The summed E-state index contributed by atoms with van der Waals surface area (Å²) >= 11 is 0. The number of carbonyl (C=O) groups excluding carboxylic acids is 3. The van der Waals surface area contributed by atoms with Gasteiger partial charge in [0.25, 0.3) is 5.91 Å². The van der Waals surface area contributed by atoms with Crippen molar-refractivity contribution in [2.24, 2.45) is 5.10 Å². The van der Waals surface area contributed by atoms with Gasteiger partial charge in [0.1, 0.15) is 5.75 Å². The van der Waals surface area contributed by atoms with E-state index in [4.69, 9.17) is 4.74 Å². The smallest absolute Gasteiger partial charge is 0.329 e. The summed E-state index contributed by atoms with van der Waals surface area (Å²) in [4.78, 5) is 35.5. The van der Waals surface area contributed by atoms with E-state index in [-0.39, 0.29) is 18.6 Å². The van der Waals surface area contributed by atoms with Gasteiger partial charge in [-0.05, 0) is 54.7 Å². The Morgan fingerprint density at radius 3 is 2.41 bits per heavy atom.